The van der Waals surface area contributed by atoms with Gasteiger partial charge in [-0.25, -0.2) is 0 Å². The van der Waals surface area contributed by atoms with Gasteiger partial charge >= 0.3 is 0 Å². The van der Waals surface area contributed by atoms with Crippen LogP contribution in [0.15, 0.2) is 30.7 Å². The number of ether oxygens (including phenoxy) is 1. The first-order valence-corrected chi connectivity index (χ1v) is 7.38. The zero-order valence-corrected chi connectivity index (χ0v) is 12.7. The molecule has 3 aromatic rings. The van der Waals surface area contributed by atoms with Crippen LogP contribution in [-0.4, -0.2) is 21.4 Å². The van der Waals surface area contributed by atoms with Crippen molar-refractivity contribution in [3.05, 3.63) is 47.4 Å². The van der Waals surface area contributed by atoms with Crippen molar-refractivity contribution < 1.29 is 4.74 Å². The summed E-state index contributed by atoms with van der Waals surface area (Å²) in [7, 11) is 1.96. The summed E-state index contributed by atoms with van der Waals surface area (Å²) in [5, 5.41) is 5.48. The van der Waals surface area contributed by atoms with E-state index in [0.29, 0.717) is 13.2 Å². The fourth-order valence-corrected chi connectivity index (χ4v) is 3.20. The largest absolute Gasteiger partial charge is 0.375 e. The van der Waals surface area contributed by atoms with Gasteiger partial charge in [-0.1, -0.05) is 0 Å². The molecular weight excluding hydrogens is 276 g/mol. The number of nitrogens with two attached hydrogens (primary N) is 1. The predicted octanol–water partition coefficient (Wildman–Crippen LogP) is 2.47. The zero-order valence-electron chi connectivity index (χ0n) is 12.7. The molecule has 0 amide bonds. The van der Waals surface area contributed by atoms with Crippen LogP contribution >= 0.6 is 0 Å². The number of fused-ring (bicyclic) bond motifs is 2. The highest BCUT2D eigenvalue weighted by Crippen LogP contribution is 2.34. The fraction of sp³-hybridized carbons (Fsp3) is 0.294. The van der Waals surface area contributed by atoms with Crippen molar-refractivity contribution in [1.82, 2.24) is 14.8 Å². The molecule has 0 bridgehead atoms. The minimum absolute atomic E-state index is 0.100. The molecule has 0 aliphatic carbocycles. The second kappa shape index (κ2) is 4.90. The van der Waals surface area contributed by atoms with Crippen molar-refractivity contribution >= 4 is 10.9 Å². The molecule has 1 atom stereocenters. The Morgan fingerprint density at radius 1 is 1.23 bits per heavy atom. The van der Waals surface area contributed by atoms with Crippen LogP contribution in [0, 0.1) is 6.92 Å². The van der Waals surface area contributed by atoms with Gasteiger partial charge in [-0.3, -0.25) is 9.67 Å². The number of nitrogens with zero attached hydrogens (tertiary/aromatic N) is 3. The van der Waals surface area contributed by atoms with Gasteiger partial charge in [0.25, 0.3) is 0 Å². The summed E-state index contributed by atoms with van der Waals surface area (Å²) in [5.41, 5.74) is 13.0. The molecule has 5 nitrogen and oxygen atoms in total. The maximum absolute atomic E-state index is 6.15. The lowest BCUT2D eigenvalue weighted by atomic mass is 9.91. The Balaban J connectivity index is 1.97. The summed E-state index contributed by atoms with van der Waals surface area (Å²) in [6, 6.07) is 4.24. The Morgan fingerprint density at radius 3 is 2.95 bits per heavy atom. The summed E-state index contributed by atoms with van der Waals surface area (Å²) in [6.45, 7) is 3.26. The highest BCUT2D eigenvalue weighted by molar-refractivity contribution is 5.87. The molecule has 1 aliphatic heterocycles. The molecule has 0 radical (unpaired) electrons. The summed E-state index contributed by atoms with van der Waals surface area (Å²) >= 11 is 0. The van der Waals surface area contributed by atoms with Gasteiger partial charge in [-0.15, -0.1) is 0 Å². The lowest BCUT2D eigenvalue weighted by molar-refractivity contribution is 0.0926. The smallest absolute Gasteiger partial charge is 0.0728 e. The van der Waals surface area contributed by atoms with Crippen LogP contribution in [0.2, 0.25) is 0 Å². The molecule has 22 heavy (non-hydrogen) atoms. The number of hydrogen-bond acceptors (Lipinski definition) is 4. The van der Waals surface area contributed by atoms with Gasteiger partial charge in [0, 0.05) is 30.4 Å². The maximum atomic E-state index is 6.15. The van der Waals surface area contributed by atoms with Crippen LogP contribution in [0.5, 0.6) is 0 Å². The lowest BCUT2D eigenvalue weighted by Gasteiger charge is -2.25. The van der Waals surface area contributed by atoms with Crippen LogP contribution in [0.1, 0.15) is 22.7 Å². The van der Waals surface area contributed by atoms with Gasteiger partial charge in [0.05, 0.1) is 31.0 Å². The van der Waals surface area contributed by atoms with E-state index in [4.69, 9.17) is 10.5 Å². The second-order valence-corrected chi connectivity index (χ2v) is 5.87. The molecule has 2 N–H and O–H groups in total. The molecule has 5 heteroatoms. The van der Waals surface area contributed by atoms with E-state index >= 15 is 0 Å². The molecule has 2 aromatic heterocycles. The van der Waals surface area contributed by atoms with Crippen molar-refractivity contribution in [3.63, 3.8) is 0 Å². The quantitative estimate of drug-likeness (QED) is 0.749. The topological polar surface area (TPSA) is 66.0 Å². The lowest BCUT2D eigenvalue weighted by Crippen LogP contribution is -2.24. The minimum Gasteiger partial charge on any atom is -0.375 e. The van der Waals surface area contributed by atoms with E-state index in [1.54, 1.807) is 0 Å². The standard InChI is InChI=1S/C17H18N4O/c1-10-3-11-5-20-21(2)17(11)4-12(10)13-6-19-7-14-15(13)8-22-9-16(14)18/h3-7,16H,8-9,18H2,1-2H3. The number of hydrogen-bond donors (Lipinski definition) is 1. The van der Waals surface area contributed by atoms with Crippen LogP contribution in [-0.2, 0) is 18.4 Å². The van der Waals surface area contributed by atoms with E-state index in [2.05, 4.69) is 29.1 Å². The van der Waals surface area contributed by atoms with Gasteiger partial charge < -0.3 is 10.5 Å². The van der Waals surface area contributed by atoms with Crippen molar-refractivity contribution in [1.29, 1.82) is 0 Å². The van der Waals surface area contributed by atoms with Gasteiger partial charge in [-0.2, -0.15) is 5.10 Å². The van der Waals surface area contributed by atoms with E-state index in [1.165, 1.54) is 5.56 Å². The highest BCUT2D eigenvalue weighted by Gasteiger charge is 2.22. The zero-order chi connectivity index (χ0) is 15.3. The summed E-state index contributed by atoms with van der Waals surface area (Å²) < 4.78 is 7.53. The highest BCUT2D eigenvalue weighted by atomic mass is 16.5. The number of rotatable bonds is 1. The van der Waals surface area contributed by atoms with E-state index < -0.39 is 0 Å². The first-order valence-electron chi connectivity index (χ1n) is 7.38. The Morgan fingerprint density at radius 2 is 2.09 bits per heavy atom. The molecule has 4 rings (SSSR count). The van der Waals surface area contributed by atoms with Gasteiger partial charge in [0.2, 0.25) is 0 Å². The van der Waals surface area contributed by atoms with Crippen molar-refractivity contribution in [2.75, 3.05) is 6.61 Å². The normalized spacial score (nSPS) is 17.7. The minimum atomic E-state index is -0.100. The maximum Gasteiger partial charge on any atom is 0.0728 e. The molecule has 3 heterocycles. The van der Waals surface area contributed by atoms with E-state index in [9.17, 15) is 0 Å². The van der Waals surface area contributed by atoms with Crippen molar-refractivity contribution in [2.24, 2.45) is 12.8 Å². The molecule has 1 unspecified atom stereocenters. The molecule has 1 aromatic carbocycles. The molecule has 0 saturated carbocycles. The summed E-state index contributed by atoms with van der Waals surface area (Å²) in [6.07, 6.45) is 5.67. The molecule has 0 saturated heterocycles. The molecule has 0 spiro atoms. The van der Waals surface area contributed by atoms with Gasteiger partial charge in [-0.05, 0) is 41.3 Å². The number of pyridine rings is 1. The van der Waals surface area contributed by atoms with E-state index in [0.717, 1.165) is 33.2 Å². The first kappa shape index (κ1) is 13.4. The Kier molecular flexibility index (Phi) is 2.99. The predicted molar refractivity (Wildman–Crippen MR) is 85.3 cm³/mol. The van der Waals surface area contributed by atoms with Crippen LogP contribution < -0.4 is 5.73 Å². The third-order valence-corrected chi connectivity index (χ3v) is 4.42. The van der Waals surface area contributed by atoms with Crippen LogP contribution in [0.4, 0.5) is 0 Å². The van der Waals surface area contributed by atoms with E-state index in [-0.39, 0.29) is 6.04 Å². The van der Waals surface area contributed by atoms with Crippen molar-refractivity contribution in [3.8, 4) is 11.1 Å². The third kappa shape index (κ3) is 1.94. The third-order valence-electron chi connectivity index (χ3n) is 4.42. The average molecular weight is 294 g/mol. The Hall–Kier alpha value is -2.24. The monoisotopic (exact) mass is 294 g/mol. The number of aryl methyl sites for hydroxylation is 2. The summed E-state index contributed by atoms with van der Waals surface area (Å²) in [4.78, 5) is 4.40. The van der Waals surface area contributed by atoms with E-state index in [1.807, 2.05) is 30.3 Å². The van der Waals surface area contributed by atoms with Crippen LogP contribution in [0.3, 0.4) is 0 Å². The molecule has 1 aliphatic rings. The van der Waals surface area contributed by atoms with Gasteiger partial charge in [0.15, 0.2) is 0 Å². The molecular formula is C17H18N4O. The SMILES string of the molecule is Cc1cc2cnn(C)c2cc1-c1cncc2c1COCC2N. The summed E-state index contributed by atoms with van der Waals surface area (Å²) in [5.74, 6) is 0. The van der Waals surface area contributed by atoms with Crippen LogP contribution in [0.25, 0.3) is 22.0 Å². The first-order chi connectivity index (χ1) is 10.6. The number of benzene rings is 1. The second-order valence-electron chi connectivity index (χ2n) is 5.87. The molecule has 0 fully saturated rings. The molecule has 112 valence electrons. The average Bonchev–Trinajstić information content (AvgIpc) is 2.87. The van der Waals surface area contributed by atoms with Gasteiger partial charge in [0.1, 0.15) is 0 Å². The Labute approximate surface area is 128 Å². The fourth-order valence-electron chi connectivity index (χ4n) is 3.20. The van der Waals surface area contributed by atoms with Crippen molar-refractivity contribution in [2.45, 2.75) is 19.6 Å². The number of aromatic nitrogens is 3. The Bertz CT molecular complexity index is 868.